The number of nitrogens with two attached hydrogens (primary N) is 1. The van der Waals surface area contributed by atoms with Gasteiger partial charge in [-0.05, 0) is 37.6 Å². The van der Waals surface area contributed by atoms with E-state index in [9.17, 15) is 0 Å². The minimum atomic E-state index is 0.271. The number of methoxy groups -OCH3 is 1. The van der Waals surface area contributed by atoms with E-state index in [1.165, 1.54) is 5.56 Å². The molecule has 2 rings (SSSR count). The Hall–Kier alpha value is -1.92. The standard InChI is InChI=1S/C15H22N4O2/c1-10-5-12(6-11(2)15(10)20-4)8-19(3)9-13-17-14(7-16)21-18-13/h5-6H,7-9,16H2,1-4H3. The lowest BCUT2D eigenvalue weighted by molar-refractivity contribution is 0.299. The van der Waals surface area contributed by atoms with Crippen LogP contribution in [0.2, 0.25) is 0 Å². The van der Waals surface area contributed by atoms with Crippen molar-refractivity contribution in [1.82, 2.24) is 15.0 Å². The minimum absolute atomic E-state index is 0.271. The fourth-order valence-corrected chi connectivity index (χ4v) is 2.50. The van der Waals surface area contributed by atoms with Crippen molar-refractivity contribution in [2.75, 3.05) is 14.2 Å². The van der Waals surface area contributed by atoms with Crippen molar-refractivity contribution in [3.05, 3.63) is 40.5 Å². The lowest BCUT2D eigenvalue weighted by Gasteiger charge is -2.17. The average molecular weight is 290 g/mol. The third-order valence-corrected chi connectivity index (χ3v) is 3.27. The van der Waals surface area contributed by atoms with E-state index < -0.39 is 0 Å². The zero-order chi connectivity index (χ0) is 15.4. The third kappa shape index (κ3) is 3.80. The Morgan fingerprint density at radius 1 is 1.24 bits per heavy atom. The SMILES string of the molecule is COc1c(C)cc(CN(C)Cc2noc(CN)n2)cc1C. The number of nitrogens with zero attached hydrogens (tertiary/aromatic N) is 3. The summed E-state index contributed by atoms with van der Waals surface area (Å²) in [6, 6.07) is 4.29. The molecule has 21 heavy (non-hydrogen) atoms. The molecule has 0 bridgehead atoms. The molecule has 2 aromatic rings. The first-order valence-electron chi connectivity index (χ1n) is 6.87. The third-order valence-electron chi connectivity index (χ3n) is 3.27. The van der Waals surface area contributed by atoms with Crippen molar-refractivity contribution in [2.24, 2.45) is 5.73 Å². The van der Waals surface area contributed by atoms with Crippen LogP contribution in [0, 0.1) is 13.8 Å². The van der Waals surface area contributed by atoms with Crippen molar-refractivity contribution in [3.63, 3.8) is 0 Å². The zero-order valence-electron chi connectivity index (χ0n) is 13.0. The summed E-state index contributed by atoms with van der Waals surface area (Å²) in [5, 5.41) is 3.90. The predicted molar refractivity (Wildman–Crippen MR) is 79.8 cm³/mol. The fraction of sp³-hybridized carbons (Fsp3) is 0.467. The maximum Gasteiger partial charge on any atom is 0.240 e. The number of rotatable bonds is 6. The van der Waals surface area contributed by atoms with Crippen molar-refractivity contribution in [2.45, 2.75) is 33.5 Å². The molecule has 0 saturated heterocycles. The molecule has 6 heteroatoms. The first-order chi connectivity index (χ1) is 10.0. The lowest BCUT2D eigenvalue weighted by atomic mass is 10.1. The molecule has 0 atom stereocenters. The maximum atomic E-state index is 5.46. The first kappa shape index (κ1) is 15.5. The highest BCUT2D eigenvalue weighted by atomic mass is 16.5. The van der Waals surface area contributed by atoms with E-state index in [1.807, 2.05) is 7.05 Å². The smallest absolute Gasteiger partial charge is 0.240 e. The van der Waals surface area contributed by atoms with Crippen LogP contribution in [0.4, 0.5) is 0 Å². The van der Waals surface area contributed by atoms with Gasteiger partial charge in [0.1, 0.15) is 5.75 Å². The lowest BCUT2D eigenvalue weighted by Crippen LogP contribution is -2.18. The molecule has 0 aliphatic carbocycles. The Morgan fingerprint density at radius 2 is 1.90 bits per heavy atom. The Labute approximate surface area is 124 Å². The average Bonchev–Trinajstić information content (AvgIpc) is 2.85. The van der Waals surface area contributed by atoms with Gasteiger partial charge >= 0.3 is 0 Å². The van der Waals surface area contributed by atoms with E-state index in [0.717, 1.165) is 23.4 Å². The quantitative estimate of drug-likeness (QED) is 0.874. The molecule has 0 fully saturated rings. The second-order valence-electron chi connectivity index (χ2n) is 5.24. The van der Waals surface area contributed by atoms with Crippen molar-refractivity contribution in [1.29, 1.82) is 0 Å². The van der Waals surface area contributed by atoms with Crippen molar-refractivity contribution in [3.8, 4) is 5.75 Å². The number of hydrogen-bond donors (Lipinski definition) is 1. The van der Waals surface area contributed by atoms with Gasteiger partial charge in [-0.3, -0.25) is 4.90 Å². The van der Waals surface area contributed by atoms with Gasteiger partial charge in [-0.2, -0.15) is 4.98 Å². The molecule has 1 aromatic heterocycles. The largest absolute Gasteiger partial charge is 0.496 e. The molecule has 0 saturated carbocycles. The van der Waals surface area contributed by atoms with Crippen LogP contribution in [0.3, 0.4) is 0 Å². The number of aryl methyl sites for hydroxylation is 2. The van der Waals surface area contributed by atoms with Gasteiger partial charge < -0.3 is 15.0 Å². The summed E-state index contributed by atoms with van der Waals surface area (Å²) >= 11 is 0. The van der Waals surface area contributed by atoms with Gasteiger partial charge in [0.2, 0.25) is 5.89 Å². The van der Waals surface area contributed by atoms with Gasteiger partial charge in [-0.1, -0.05) is 17.3 Å². The maximum absolute atomic E-state index is 5.46. The van der Waals surface area contributed by atoms with Crippen LogP contribution >= 0.6 is 0 Å². The van der Waals surface area contributed by atoms with E-state index in [-0.39, 0.29) is 6.54 Å². The fourth-order valence-electron chi connectivity index (χ4n) is 2.50. The summed E-state index contributed by atoms with van der Waals surface area (Å²) in [6.45, 7) is 5.81. The Morgan fingerprint density at radius 3 is 2.43 bits per heavy atom. The van der Waals surface area contributed by atoms with Gasteiger partial charge in [0.25, 0.3) is 0 Å². The topological polar surface area (TPSA) is 77.4 Å². The number of benzene rings is 1. The van der Waals surface area contributed by atoms with Gasteiger partial charge in [0.05, 0.1) is 20.2 Å². The van der Waals surface area contributed by atoms with E-state index in [4.69, 9.17) is 15.0 Å². The first-order valence-corrected chi connectivity index (χ1v) is 6.87. The van der Waals surface area contributed by atoms with Gasteiger partial charge in [0.15, 0.2) is 5.82 Å². The van der Waals surface area contributed by atoms with Gasteiger partial charge in [-0.25, -0.2) is 0 Å². The molecule has 0 radical (unpaired) electrons. The molecule has 1 aromatic carbocycles. The molecule has 1 heterocycles. The summed E-state index contributed by atoms with van der Waals surface area (Å²) in [6.07, 6.45) is 0. The van der Waals surface area contributed by atoms with Crippen LogP contribution in [0.25, 0.3) is 0 Å². The molecular formula is C15H22N4O2. The summed E-state index contributed by atoms with van der Waals surface area (Å²) < 4.78 is 10.4. The highest BCUT2D eigenvalue weighted by molar-refractivity contribution is 5.43. The highest BCUT2D eigenvalue weighted by Gasteiger charge is 2.10. The van der Waals surface area contributed by atoms with Crippen LogP contribution in [-0.4, -0.2) is 29.2 Å². The molecular weight excluding hydrogens is 268 g/mol. The van der Waals surface area contributed by atoms with E-state index in [1.54, 1.807) is 7.11 Å². The number of hydrogen-bond acceptors (Lipinski definition) is 6. The second-order valence-corrected chi connectivity index (χ2v) is 5.24. The highest BCUT2D eigenvalue weighted by Crippen LogP contribution is 2.24. The molecule has 0 spiro atoms. The van der Waals surface area contributed by atoms with E-state index in [2.05, 4.69) is 41.0 Å². The summed E-state index contributed by atoms with van der Waals surface area (Å²) in [4.78, 5) is 6.34. The van der Waals surface area contributed by atoms with Crippen LogP contribution in [-0.2, 0) is 19.6 Å². The molecule has 0 aliphatic rings. The zero-order valence-corrected chi connectivity index (χ0v) is 13.0. The number of ether oxygens (including phenoxy) is 1. The normalized spacial score (nSPS) is 11.1. The van der Waals surface area contributed by atoms with Crippen LogP contribution in [0.1, 0.15) is 28.4 Å². The Kier molecular flexibility index (Phi) is 4.93. The molecule has 2 N–H and O–H groups in total. The summed E-state index contributed by atoms with van der Waals surface area (Å²) in [7, 11) is 3.72. The van der Waals surface area contributed by atoms with E-state index in [0.29, 0.717) is 18.3 Å². The van der Waals surface area contributed by atoms with Crippen molar-refractivity contribution < 1.29 is 9.26 Å². The second kappa shape index (κ2) is 6.69. The minimum Gasteiger partial charge on any atom is -0.496 e. The van der Waals surface area contributed by atoms with E-state index >= 15 is 0 Å². The van der Waals surface area contributed by atoms with Crippen molar-refractivity contribution >= 4 is 0 Å². The van der Waals surface area contributed by atoms with Crippen LogP contribution in [0.15, 0.2) is 16.7 Å². The Balaban J connectivity index is 2.03. The van der Waals surface area contributed by atoms with Crippen LogP contribution in [0.5, 0.6) is 5.75 Å². The molecule has 0 unspecified atom stereocenters. The monoisotopic (exact) mass is 290 g/mol. The number of aromatic nitrogens is 2. The molecule has 6 nitrogen and oxygen atoms in total. The summed E-state index contributed by atoms with van der Waals surface area (Å²) in [5.74, 6) is 2.07. The van der Waals surface area contributed by atoms with Crippen LogP contribution < -0.4 is 10.5 Å². The van der Waals surface area contributed by atoms with Gasteiger partial charge in [-0.15, -0.1) is 0 Å². The Bertz CT molecular complexity index is 586. The molecule has 0 aliphatic heterocycles. The summed E-state index contributed by atoms with van der Waals surface area (Å²) in [5.41, 5.74) is 8.98. The molecule has 0 amide bonds. The van der Waals surface area contributed by atoms with Gasteiger partial charge in [0, 0.05) is 6.54 Å². The predicted octanol–water partition coefficient (Wildman–Crippen LogP) is 1.79. The molecule has 114 valence electrons.